The molecule has 0 saturated carbocycles. The maximum absolute atomic E-state index is 13.0. The number of carbonyl (C=O) groups is 1. The quantitative estimate of drug-likeness (QED) is 0.481. The Morgan fingerprint density at radius 3 is 2.22 bits per heavy atom. The van der Waals surface area contributed by atoms with Crippen molar-refractivity contribution in [1.82, 2.24) is 23.9 Å². The molecule has 1 aliphatic heterocycles. The molecule has 1 amide bonds. The Kier molecular flexibility index (Phi) is 12.2. The Labute approximate surface area is 222 Å². The lowest BCUT2D eigenvalue weighted by Crippen LogP contribution is -2.49. The van der Waals surface area contributed by atoms with E-state index in [1.165, 1.54) is 6.42 Å². The summed E-state index contributed by atoms with van der Waals surface area (Å²) in [6, 6.07) is 10.3. The number of nitrogens with one attached hydrogen (secondary N) is 1. The fraction of sp³-hybridized carbons (Fsp3) is 0.500. The molecule has 37 heavy (non-hydrogen) atoms. The third-order valence-electron chi connectivity index (χ3n) is 5.62. The van der Waals surface area contributed by atoms with Gasteiger partial charge in [0.15, 0.2) is 0 Å². The molecule has 9 heteroatoms. The minimum absolute atomic E-state index is 0.198. The second-order valence-corrected chi connectivity index (χ2v) is 11.2. The number of imidazole rings is 1. The normalized spacial score (nSPS) is 14.5. The highest BCUT2D eigenvalue weighted by molar-refractivity contribution is 7.89. The Hall–Kier alpha value is -2.75. The molecule has 4 rings (SSSR count). The number of benzene rings is 1. The highest BCUT2D eigenvalue weighted by atomic mass is 32.2. The topological polar surface area (TPSA) is 87.0 Å². The summed E-state index contributed by atoms with van der Waals surface area (Å²) in [5.41, 5.74) is 2.15. The molecule has 1 fully saturated rings. The van der Waals surface area contributed by atoms with Gasteiger partial charge in [0.1, 0.15) is 5.65 Å². The van der Waals surface area contributed by atoms with Crippen LogP contribution >= 0.6 is 0 Å². The Morgan fingerprint density at radius 1 is 1.00 bits per heavy atom. The third-order valence-corrected chi connectivity index (χ3v) is 7.53. The number of hydrogen-bond donors (Lipinski definition) is 1. The summed E-state index contributed by atoms with van der Waals surface area (Å²) in [5.74, 6) is 0.372. The van der Waals surface area contributed by atoms with Crippen LogP contribution in [0.4, 0.5) is 0 Å². The van der Waals surface area contributed by atoms with Crippen molar-refractivity contribution >= 4 is 21.6 Å². The van der Waals surface area contributed by atoms with Gasteiger partial charge < -0.3 is 14.6 Å². The van der Waals surface area contributed by atoms with Gasteiger partial charge in [0.25, 0.3) is 5.91 Å². The van der Waals surface area contributed by atoms with Crippen LogP contribution in [-0.2, 0) is 16.6 Å². The van der Waals surface area contributed by atoms with Gasteiger partial charge in [-0.05, 0) is 35.7 Å². The van der Waals surface area contributed by atoms with E-state index in [1.807, 2.05) is 13.8 Å². The van der Waals surface area contributed by atoms with E-state index in [1.54, 1.807) is 63.7 Å². The average Bonchev–Trinajstić information content (AvgIpc) is 3.37. The third kappa shape index (κ3) is 8.66. The molecule has 0 radical (unpaired) electrons. The second-order valence-electron chi connectivity index (χ2n) is 9.24. The lowest BCUT2D eigenvalue weighted by atomic mass is 10.2. The predicted molar refractivity (Wildman–Crippen MR) is 150 cm³/mol. The molecule has 2 aromatic heterocycles. The van der Waals surface area contributed by atoms with Crippen molar-refractivity contribution in [1.29, 1.82) is 0 Å². The fourth-order valence-electron chi connectivity index (χ4n) is 3.94. The Balaban J connectivity index is 0.000000898. The van der Waals surface area contributed by atoms with Gasteiger partial charge in [-0.1, -0.05) is 60.1 Å². The number of rotatable bonds is 7. The maximum Gasteiger partial charge on any atom is 0.253 e. The molecule has 204 valence electrons. The summed E-state index contributed by atoms with van der Waals surface area (Å²) in [6.45, 7) is 16.4. The molecular formula is C28H43N5O3S. The summed E-state index contributed by atoms with van der Waals surface area (Å²) < 4.78 is 29.3. The lowest BCUT2D eigenvalue weighted by molar-refractivity contribution is 0.0950. The molecule has 3 heterocycles. The first-order valence-corrected chi connectivity index (χ1v) is 14.7. The predicted octanol–water partition coefficient (Wildman–Crippen LogP) is 4.67. The van der Waals surface area contributed by atoms with Crippen LogP contribution in [-0.4, -0.2) is 65.6 Å². The highest BCUT2D eigenvalue weighted by Crippen LogP contribution is 2.19. The largest absolute Gasteiger partial charge is 0.348 e. The SMILES string of the molecule is CC.CC(C)CN1CCN(S(=O)(=O)c2ccc(CNC(=O)c3ccc4nccn4c3)cc2)CC1.CCC. The summed E-state index contributed by atoms with van der Waals surface area (Å²) in [4.78, 5) is 19.2. The van der Waals surface area contributed by atoms with Gasteiger partial charge in [0, 0.05) is 57.9 Å². The minimum Gasteiger partial charge on any atom is -0.348 e. The van der Waals surface area contributed by atoms with Crippen molar-refractivity contribution < 1.29 is 13.2 Å². The summed E-state index contributed by atoms with van der Waals surface area (Å²) in [6.07, 6.45) is 6.45. The Bertz CT molecular complexity index is 1200. The number of aromatic nitrogens is 2. The minimum atomic E-state index is -3.51. The summed E-state index contributed by atoms with van der Waals surface area (Å²) in [5, 5.41) is 2.88. The van der Waals surface area contributed by atoms with E-state index in [-0.39, 0.29) is 10.8 Å². The van der Waals surface area contributed by atoms with Crippen molar-refractivity contribution in [3.8, 4) is 0 Å². The zero-order valence-electron chi connectivity index (χ0n) is 23.1. The summed E-state index contributed by atoms with van der Waals surface area (Å²) >= 11 is 0. The van der Waals surface area contributed by atoms with Gasteiger partial charge in [-0.15, -0.1) is 0 Å². The van der Waals surface area contributed by atoms with Crippen LogP contribution in [0.2, 0.25) is 0 Å². The molecule has 1 N–H and O–H groups in total. The fourth-order valence-corrected chi connectivity index (χ4v) is 5.36. The van der Waals surface area contributed by atoms with Crippen LogP contribution in [0, 0.1) is 5.92 Å². The van der Waals surface area contributed by atoms with E-state index in [0.29, 0.717) is 31.1 Å². The molecule has 0 aliphatic carbocycles. The number of hydrogen-bond acceptors (Lipinski definition) is 5. The van der Waals surface area contributed by atoms with Gasteiger partial charge in [-0.25, -0.2) is 13.4 Å². The van der Waals surface area contributed by atoms with Crippen LogP contribution in [0.1, 0.15) is 63.9 Å². The molecule has 1 aliphatic rings. The van der Waals surface area contributed by atoms with Crippen molar-refractivity contribution in [2.45, 2.75) is 59.4 Å². The van der Waals surface area contributed by atoms with Crippen molar-refractivity contribution in [2.75, 3.05) is 32.7 Å². The van der Waals surface area contributed by atoms with E-state index >= 15 is 0 Å². The number of fused-ring (bicyclic) bond motifs is 1. The lowest BCUT2D eigenvalue weighted by Gasteiger charge is -2.34. The van der Waals surface area contributed by atoms with Crippen LogP contribution < -0.4 is 5.32 Å². The first kappa shape index (κ1) is 30.5. The summed E-state index contributed by atoms with van der Waals surface area (Å²) in [7, 11) is -3.51. The van der Waals surface area contributed by atoms with Crippen LogP contribution in [0.15, 0.2) is 59.9 Å². The number of carbonyl (C=O) groups excluding carboxylic acids is 1. The molecule has 1 aromatic carbocycles. The van der Waals surface area contributed by atoms with E-state index < -0.39 is 10.0 Å². The highest BCUT2D eigenvalue weighted by Gasteiger charge is 2.28. The molecule has 0 unspecified atom stereocenters. The van der Waals surface area contributed by atoms with Crippen molar-refractivity contribution in [2.24, 2.45) is 5.92 Å². The van der Waals surface area contributed by atoms with Gasteiger partial charge >= 0.3 is 0 Å². The van der Waals surface area contributed by atoms with Crippen molar-refractivity contribution in [3.63, 3.8) is 0 Å². The maximum atomic E-state index is 13.0. The first-order valence-electron chi connectivity index (χ1n) is 13.3. The van der Waals surface area contributed by atoms with Crippen LogP contribution in [0.25, 0.3) is 5.65 Å². The second kappa shape index (κ2) is 14.9. The van der Waals surface area contributed by atoms with Gasteiger partial charge in [-0.2, -0.15) is 4.31 Å². The average molecular weight is 530 g/mol. The van der Waals surface area contributed by atoms with E-state index in [4.69, 9.17) is 0 Å². The number of piperazine rings is 1. The molecule has 0 bridgehead atoms. The number of amides is 1. The van der Waals surface area contributed by atoms with E-state index in [0.717, 1.165) is 30.8 Å². The first-order chi connectivity index (χ1) is 17.7. The molecule has 1 saturated heterocycles. The van der Waals surface area contributed by atoms with Gasteiger partial charge in [-0.3, -0.25) is 4.79 Å². The standard InChI is InChI=1S/C23H29N5O3S.C3H8.C2H6/c1-18(2)16-26-11-13-28(14-12-26)32(30,31)21-6-3-19(4-7-21)15-25-23(29)20-5-8-22-24-9-10-27(22)17-20;1-3-2;1-2/h3-10,17-18H,11-16H2,1-2H3,(H,25,29);3H2,1-2H3;1-2H3. The molecule has 0 spiro atoms. The molecule has 3 aromatic rings. The molecular weight excluding hydrogens is 486 g/mol. The van der Waals surface area contributed by atoms with Crippen LogP contribution in [0.3, 0.4) is 0 Å². The number of nitrogens with zero attached hydrogens (tertiary/aromatic N) is 4. The van der Waals surface area contributed by atoms with Crippen molar-refractivity contribution in [3.05, 3.63) is 66.1 Å². The van der Waals surface area contributed by atoms with E-state index in [2.05, 4.69) is 42.9 Å². The van der Waals surface area contributed by atoms with Gasteiger partial charge in [0.05, 0.1) is 10.5 Å². The zero-order chi connectivity index (χ0) is 27.4. The smallest absolute Gasteiger partial charge is 0.253 e. The number of pyridine rings is 1. The number of sulfonamides is 1. The monoisotopic (exact) mass is 529 g/mol. The van der Waals surface area contributed by atoms with E-state index in [9.17, 15) is 13.2 Å². The molecule has 0 atom stereocenters. The molecule has 8 nitrogen and oxygen atoms in total. The van der Waals surface area contributed by atoms with Crippen LogP contribution in [0.5, 0.6) is 0 Å². The van der Waals surface area contributed by atoms with Gasteiger partial charge in [0.2, 0.25) is 10.0 Å². The zero-order valence-corrected chi connectivity index (χ0v) is 24.0. The Morgan fingerprint density at radius 2 is 1.62 bits per heavy atom.